The lowest BCUT2D eigenvalue weighted by atomic mass is 10.1. The van der Waals surface area contributed by atoms with Crippen LogP contribution in [0.15, 0.2) is 41.3 Å². The van der Waals surface area contributed by atoms with Crippen molar-refractivity contribution < 1.29 is 13.2 Å². The Morgan fingerprint density at radius 3 is 2.36 bits per heavy atom. The van der Waals surface area contributed by atoms with Crippen LogP contribution in [0.4, 0.5) is 5.69 Å². The molecule has 2 aromatic rings. The van der Waals surface area contributed by atoms with Gasteiger partial charge in [0.2, 0.25) is 0 Å². The van der Waals surface area contributed by atoms with Gasteiger partial charge in [0, 0.05) is 0 Å². The fourth-order valence-corrected chi connectivity index (χ4v) is 3.63. The summed E-state index contributed by atoms with van der Waals surface area (Å²) in [7, 11) is -3.65. The first-order valence-electron chi connectivity index (χ1n) is 7.18. The molecule has 0 aliphatic carbocycles. The zero-order valence-corrected chi connectivity index (χ0v) is 14.1. The molecule has 22 heavy (non-hydrogen) atoms. The minimum Gasteiger partial charge on any atom is -0.492 e. The molecule has 1 N–H and O–H groups in total. The SMILES string of the molecule is CCOc1ccccc1NS(=O)(=O)c1ccc(C)c(C)c1C. The normalized spacial score (nSPS) is 11.3. The van der Waals surface area contributed by atoms with Crippen molar-refractivity contribution in [1.29, 1.82) is 0 Å². The second-order valence-corrected chi connectivity index (χ2v) is 6.82. The molecular formula is C17H21NO3S. The quantitative estimate of drug-likeness (QED) is 0.911. The molecule has 0 fully saturated rings. The Balaban J connectivity index is 2.43. The summed E-state index contributed by atoms with van der Waals surface area (Å²) in [6.07, 6.45) is 0. The van der Waals surface area contributed by atoms with E-state index in [4.69, 9.17) is 4.74 Å². The summed E-state index contributed by atoms with van der Waals surface area (Å²) in [5.41, 5.74) is 3.27. The monoisotopic (exact) mass is 319 g/mol. The molecule has 0 spiro atoms. The second-order valence-electron chi connectivity index (χ2n) is 5.17. The van der Waals surface area contributed by atoms with E-state index in [1.54, 1.807) is 24.3 Å². The molecule has 4 nitrogen and oxygen atoms in total. The maximum absolute atomic E-state index is 12.7. The van der Waals surface area contributed by atoms with Gasteiger partial charge in [0.25, 0.3) is 10.0 Å². The molecule has 0 bridgehead atoms. The molecule has 0 heterocycles. The van der Waals surface area contributed by atoms with Gasteiger partial charge >= 0.3 is 0 Å². The van der Waals surface area contributed by atoms with Crippen LogP contribution in [0.2, 0.25) is 0 Å². The third-order valence-electron chi connectivity index (χ3n) is 3.73. The van der Waals surface area contributed by atoms with E-state index in [1.807, 2.05) is 39.8 Å². The second kappa shape index (κ2) is 6.40. The lowest BCUT2D eigenvalue weighted by Gasteiger charge is -2.15. The summed E-state index contributed by atoms with van der Waals surface area (Å²) in [5.74, 6) is 0.523. The topological polar surface area (TPSA) is 55.4 Å². The van der Waals surface area contributed by atoms with E-state index in [1.165, 1.54) is 0 Å². The summed E-state index contributed by atoms with van der Waals surface area (Å²) in [6.45, 7) is 8.06. The minimum atomic E-state index is -3.65. The number of nitrogens with one attached hydrogen (secondary N) is 1. The highest BCUT2D eigenvalue weighted by Gasteiger charge is 2.20. The lowest BCUT2D eigenvalue weighted by Crippen LogP contribution is -2.15. The Labute approximate surface area is 132 Å². The van der Waals surface area contributed by atoms with E-state index >= 15 is 0 Å². The zero-order chi connectivity index (χ0) is 16.3. The van der Waals surface area contributed by atoms with Crippen LogP contribution in [0.5, 0.6) is 5.75 Å². The summed E-state index contributed by atoms with van der Waals surface area (Å²) < 4.78 is 33.4. The highest BCUT2D eigenvalue weighted by atomic mass is 32.2. The van der Waals surface area contributed by atoms with Crippen molar-refractivity contribution in [3.8, 4) is 5.75 Å². The van der Waals surface area contributed by atoms with Crippen molar-refractivity contribution in [2.45, 2.75) is 32.6 Å². The Bertz CT molecular complexity index is 782. The molecule has 118 valence electrons. The Morgan fingerprint density at radius 1 is 1.00 bits per heavy atom. The summed E-state index contributed by atoms with van der Waals surface area (Å²) in [6, 6.07) is 10.5. The number of hydrogen-bond donors (Lipinski definition) is 1. The van der Waals surface area contributed by atoms with Crippen molar-refractivity contribution in [3.63, 3.8) is 0 Å². The average Bonchev–Trinajstić information content (AvgIpc) is 2.46. The standard InChI is InChI=1S/C17H21NO3S/c1-5-21-16-9-7-6-8-15(16)18-22(19,20)17-11-10-12(2)13(3)14(17)4/h6-11,18H,5H2,1-4H3. The number of hydrogen-bond acceptors (Lipinski definition) is 3. The molecule has 2 aromatic carbocycles. The smallest absolute Gasteiger partial charge is 0.262 e. The molecule has 0 amide bonds. The van der Waals surface area contributed by atoms with Gasteiger partial charge in [-0.3, -0.25) is 4.72 Å². The van der Waals surface area contributed by atoms with Gasteiger partial charge in [-0.2, -0.15) is 0 Å². The first-order chi connectivity index (χ1) is 10.4. The fraction of sp³-hybridized carbons (Fsp3) is 0.294. The van der Waals surface area contributed by atoms with Crippen LogP contribution in [0.25, 0.3) is 0 Å². The lowest BCUT2D eigenvalue weighted by molar-refractivity contribution is 0.342. The van der Waals surface area contributed by atoms with Crippen molar-refractivity contribution in [1.82, 2.24) is 0 Å². The van der Waals surface area contributed by atoms with Crippen LogP contribution in [-0.4, -0.2) is 15.0 Å². The number of sulfonamides is 1. The van der Waals surface area contributed by atoms with Gasteiger partial charge < -0.3 is 4.74 Å². The Hall–Kier alpha value is -2.01. The average molecular weight is 319 g/mol. The van der Waals surface area contributed by atoms with Gasteiger partial charge in [0.05, 0.1) is 17.2 Å². The van der Waals surface area contributed by atoms with Gasteiger partial charge in [-0.25, -0.2) is 8.42 Å². The molecule has 0 radical (unpaired) electrons. The first-order valence-corrected chi connectivity index (χ1v) is 8.66. The summed E-state index contributed by atoms with van der Waals surface area (Å²) in [5, 5.41) is 0. The van der Waals surface area contributed by atoms with Gasteiger partial charge in [-0.05, 0) is 62.6 Å². The van der Waals surface area contributed by atoms with Gasteiger partial charge in [0.1, 0.15) is 5.75 Å². The van der Waals surface area contributed by atoms with Gasteiger partial charge in [-0.1, -0.05) is 18.2 Å². The van der Waals surface area contributed by atoms with Crippen LogP contribution in [0, 0.1) is 20.8 Å². The molecule has 0 unspecified atom stereocenters. The molecule has 0 atom stereocenters. The van der Waals surface area contributed by atoms with Crippen LogP contribution in [0.3, 0.4) is 0 Å². The highest BCUT2D eigenvalue weighted by molar-refractivity contribution is 7.92. The molecule has 0 aliphatic rings. The van der Waals surface area contributed by atoms with Crippen molar-refractivity contribution in [3.05, 3.63) is 53.1 Å². The van der Waals surface area contributed by atoms with Crippen LogP contribution in [0.1, 0.15) is 23.6 Å². The van der Waals surface area contributed by atoms with E-state index in [0.717, 1.165) is 16.7 Å². The van der Waals surface area contributed by atoms with Crippen molar-refractivity contribution in [2.75, 3.05) is 11.3 Å². The van der Waals surface area contributed by atoms with Gasteiger partial charge in [0.15, 0.2) is 0 Å². The summed E-state index contributed by atoms with van der Waals surface area (Å²) >= 11 is 0. The Morgan fingerprint density at radius 2 is 1.68 bits per heavy atom. The van der Waals surface area contributed by atoms with E-state index in [0.29, 0.717) is 22.9 Å². The highest BCUT2D eigenvalue weighted by Crippen LogP contribution is 2.28. The number of ether oxygens (including phenoxy) is 1. The van der Waals surface area contributed by atoms with E-state index < -0.39 is 10.0 Å². The third kappa shape index (κ3) is 3.25. The maximum atomic E-state index is 12.7. The number of anilines is 1. The molecule has 5 heteroatoms. The number of aryl methyl sites for hydroxylation is 1. The van der Waals surface area contributed by atoms with Crippen LogP contribution >= 0.6 is 0 Å². The van der Waals surface area contributed by atoms with E-state index in [9.17, 15) is 8.42 Å². The van der Waals surface area contributed by atoms with Crippen LogP contribution < -0.4 is 9.46 Å². The first kappa shape index (κ1) is 16.4. The number of para-hydroxylation sites is 2. The largest absolute Gasteiger partial charge is 0.492 e. The number of rotatable bonds is 5. The molecule has 0 saturated carbocycles. The third-order valence-corrected chi connectivity index (χ3v) is 5.24. The molecular weight excluding hydrogens is 298 g/mol. The fourth-order valence-electron chi connectivity index (χ4n) is 2.25. The predicted molar refractivity (Wildman–Crippen MR) is 89.1 cm³/mol. The molecule has 0 aromatic heterocycles. The Kier molecular flexibility index (Phi) is 4.76. The van der Waals surface area contributed by atoms with Gasteiger partial charge in [-0.15, -0.1) is 0 Å². The zero-order valence-electron chi connectivity index (χ0n) is 13.3. The minimum absolute atomic E-state index is 0.293. The number of benzene rings is 2. The van der Waals surface area contributed by atoms with E-state index in [2.05, 4.69) is 4.72 Å². The van der Waals surface area contributed by atoms with Crippen molar-refractivity contribution in [2.24, 2.45) is 0 Å². The molecule has 0 saturated heterocycles. The summed E-state index contributed by atoms with van der Waals surface area (Å²) in [4.78, 5) is 0.293. The van der Waals surface area contributed by atoms with Crippen LogP contribution in [-0.2, 0) is 10.0 Å². The molecule has 0 aliphatic heterocycles. The van der Waals surface area contributed by atoms with E-state index in [-0.39, 0.29) is 0 Å². The molecule has 2 rings (SSSR count). The predicted octanol–water partition coefficient (Wildman–Crippen LogP) is 3.81. The maximum Gasteiger partial charge on any atom is 0.262 e. The van der Waals surface area contributed by atoms with Crippen molar-refractivity contribution >= 4 is 15.7 Å².